The predicted octanol–water partition coefficient (Wildman–Crippen LogP) is 1.80. The maximum atomic E-state index is 13.9. The maximum absolute atomic E-state index is 13.9. The fourth-order valence-electron chi connectivity index (χ4n) is 2.69. The van der Waals surface area contributed by atoms with Gasteiger partial charge in [-0.1, -0.05) is 13.8 Å². The summed E-state index contributed by atoms with van der Waals surface area (Å²) in [5, 5.41) is 9.34. The molecule has 0 saturated carbocycles. The van der Waals surface area contributed by atoms with Gasteiger partial charge in [-0.2, -0.15) is 0 Å². The van der Waals surface area contributed by atoms with Gasteiger partial charge in [-0.25, -0.2) is 8.78 Å². The second kappa shape index (κ2) is 5.15. The molecular weight excluding hydrogens is 250 g/mol. The van der Waals surface area contributed by atoms with Crippen LogP contribution in [0.5, 0.6) is 0 Å². The van der Waals surface area contributed by atoms with Crippen molar-refractivity contribution in [2.24, 2.45) is 11.1 Å². The Balaban J connectivity index is 2.31. The molecule has 3 nitrogen and oxygen atoms in total. The lowest BCUT2D eigenvalue weighted by molar-refractivity contribution is 0.0840. The second-order valence-corrected chi connectivity index (χ2v) is 5.94. The number of aliphatic hydroxyl groups is 1. The first-order chi connectivity index (χ1) is 8.88. The maximum Gasteiger partial charge on any atom is 0.131 e. The van der Waals surface area contributed by atoms with Crippen LogP contribution in [0.15, 0.2) is 12.1 Å². The first-order valence-electron chi connectivity index (χ1n) is 6.41. The molecule has 1 aromatic carbocycles. The molecule has 1 unspecified atom stereocenters. The van der Waals surface area contributed by atoms with Crippen LogP contribution in [0.2, 0.25) is 0 Å². The van der Waals surface area contributed by atoms with E-state index in [-0.39, 0.29) is 24.6 Å². The van der Waals surface area contributed by atoms with Gasteiger partial charge in [0.25, 0.3) is 0 Å². The summed E-state index contributed by atoms with van der Waals surface area (Å²) < 4.78 is 27.2. The zero-order valence-corrected chi connectivity index (χ0v) is 11.3. The fourth-order valence-corrected chi connectivity index (χ4v) is 2.69. The molecule has 1 atom stereocenters. The molecule has 0 fully saturated rings. The molecule has 0 amide bonds. The third kappa shape index (κ3) is 2.78. The average Bonchev–Trinajstić information content (AvgIpc) is 2.65. The van der Waals surface area contributed by atoms with Crippen molar-refractivity contribution in [2.45, 2.75) is 26.4 Å². The zero-order chi connectivity index (χ0) is 14.2. The number of hydrogen-bond donors (Lipinski definition) is 2. The van der Waals surface area contributed by atoms with Gasteiger partial charge in [0, 0.05) is 43.3 Å². The minimum Gasteiger partial charge on any atom is -0.396 e. The first kappa shape index (κ1) is 14.4. The highest BCUT2D eigenvalue weighted by Gasteiger charge is 2.35. The SMILES string of the molecule is CC(C)(CO)CN1Cc2cc(F)cc(F)c2C1CN. The molecule has 2 rings (SSSR count). The largest absolute Gasteiger partial charge is 0.396 e. The third-order valence-electron chi connectivity index (χ3n) is 3.61. The van der Waals surface area contributed by atoms with Crippen molar-refractivity contribution >= 4 is 0 Å². The molecular formula is C14H20F2N2O. The molecule has 1 aliphatic rings. The van der Waals surface area contributed by atoms with Crippen molar-refractivity contribution in [3.63, 3.8) is 0 Å². The molecule has 0 radical (unpaired) electrons. The molecule has 3 N–H and O–H groups in total. The van der Waals surface area contributed by atoms with E-state index < -0.39 is 11.6 Å². The van der Waals surface area contributed by atoms with E-state index in [1.54, 1.807) is 0 Å². The number of benzene rings is 1. The molecule has 1 heterocycles. The normalized spacial score (nSPS) is 19.8. The van der Waals surface area contributed by atoms with E-state index in [0.717, 1.165) is 6.07 Å². The number of nitrogens with two attached hydrogens (primary N) is 1. The minimum atomic E-state index is -0.560. The third-order valence-corrected chi connectivity index (χ3v) is 3.61. The summed E-state index contributed by atoms with van der Waals surface area (Å²) in [6.45, 7) is 5.22. The van der Waals surface area contributed by atoms with Gasteiger partial charge in [-0.05, 0) is 11.6 Å². The van der Waals surface area contributed by atoms with E-state index in [1.807, 2.05) is 18.7 Å². The van der Waals surface area contributed by atoms with Crippen LogP contribution in [-0.2, 0) is 6.54 Å². The van der Waals surface area contributed by atoms with Crippen molar-refractivity contribution in [1.29, 1.82) is 0 Å². The van der Waals surface area contributed by atoms with E-state index >= 15 is 0 Å². The van der Waals surface area contributed by atoms with E-state index in [1.165, 1.54) is 6.07 Å². The van der Waals surface area contributed by atoms with E-state index in [2.05, 4.69) is 0 Å². The van der Waals surface area contributed by atoms with Gasteiger partial charge in [0.05, 0.1) is 6.04 Å². The van der Waals surface area contributed by atoms with Crippen LogP contribution in [0.3, 0.4) is 0 Å². The van der Waals surface area contributed by atoms with E-state index in [0.29, 0.717) is 24.2 Å². The summed E-state index contributed by atoms with van der Waals surface area (Å²) in [7, 11) is 0. The Bertz CT molecular complexity index is 477. The Morgan fingerprint density at radius 3 is 2.68 bits per heavy atom. The number of halogens is 2. The highest BCUT2D eigenvalue weighted by Crippen LogP contribution is 2.37. The molecule has 1 aromatic rings. The van der Waals surface area contributed by atoms with Crippen LogP contribution in [0.25, 0.3) is 0 Å². The van der Waals surface area contributed by atoms with Gasteiger partial charge >= 0.3 is 0 Å². The molecule has 0 aliphatic carbocycles. The fraction of sp³-hybridized carbons (Fsp3) is 0.571. The Labute approximate surface area is 112 Å². The van der Waals surface area contributed by atoms with Crippen LogP contribution >= 0.6 is 0 Å². The number of hydrogen-bond acceptors (Lipinski definition) is 3. The van der Waals surface area contributed by atoms with Crippen molar-refractivity contribution in [3.05, 3.63) is 34.9 Å². The quantitative estimate of drug-likeness (QED) is 0.877. The van der Waals surface area contributed by atoms with E-state index in [4.69, 9.17) is 5.73 Å². The smallest absolute Gasteiger partial charge is 0.131 e. The summed E-state index contributed by atoms with van der Waals surface area (Å²) >= 11 is 0. The van der Waals surface area contributed by atoms with Gasteiger partial charge in [0.15, 0.2) is 0 Å². The Morgan fingerprint density at radius 2 is 2.11 bits per heavy atom. The Hall–Kier alpha value is -1.04. The van der Waals surface area contributed by atoms with Crippen LogP contribution in [-0.4, -0.2) is 29.7 Å². The van der Waals surface area contributed by atoms with Gasteiger partial charge in [0.2, 0.25) is 0 Å². The van der Waals surface area contributed by atoms with Crippen molar-refractivity contribution in [3.8, 4) is 0 Å². The molecule has 0 bridgehead atoms. The van der Waals surface area contributed by atoms with E-state index in [9.17, 15) is 13.9 Å². The van der Waals surface area contributed by atoms with Crippen LogP contribution in [0.1, 0.15) is 31.0 Å². The monoisotopic (exact) mass is 270 g/mol. The second-order valence-electron chi connectivity index (χ2n) is 5.94. The summed E-state index contributed by atoms with van der Waals surface area (Å²) in [5.74, 6) is -1.09. The molecule has 19 heavy (non-hydrogen) atoms. The van der Waals surface area contributed by atoms with Crippen LogP contribution < -0.4 is 5.73 Å². The molecule has 5 heteroatoms. The number of nitrogens with zero attached hydrogens (tertiary/aromatic N) is 1. The number of fused-ring (bicyclic) bond motifs is 1. The first-order valence-corrected chi connectivity index (χ1v) is 6.41. The minimum absolute atomic E-state index is 0.0357. The summed E-state index contributed by atoms with van der Waals surface area (Å²) in [6.07, 6.45) is 0. The molecule has 0 saturated heterocycles. The summed E-state index contributed by atoms with van der Waals surface area (Å²) in [6, 6.07) is 2.02. The Kier molecular flexibility index (Phi) is 3.90. The van der Waals surface area contributed by atoms with Gasteiger partial charge in [-0.15, -0.1) is 0 Å². The number of rotatable bonds is 4. The van der Waals surface area contributed by atoms with Gasteiger partial charge in [-0.3, -0.25) is 4.90 Å². The summed E-state index contributed by atoms with van der Waals surface area (Å²) in [4.78, 5) is 2.00. The predicted molar refractivity (Wildman–Crippen MR) is 69.4 cm³/mol. The van der Waals surface area contributed by atoms with Crippen molar-refractivity contribution < 1.29 is 13.9 Å². The van der Waals surface area contributed by atoms with Crippen molar-refractivity contribution in [2.75, 3.05) is 19.7 Å². The lowest BCUT2D eigenvalue weighted by Crippen LogP contribution is -2.37. The summed E-state index contributed by atoms with van der Waals surface area (Å²) in [5.41, 5.74) is 6.59. The van der Waals surface area contributed by atoms with Gasteiger partial charge < -0.3 is 10.8 Å². The molecule has 1 aliphatic heterocycles. The Morgan fingerprint density at radius 1 is 1.42 bits per heavy atom. The lowest BCUT2D eigenvalue weighted by atomic mass is 9.93. The van der Waals surface area contributed by atoms with Crippen LogP contribution in [0, 0.1) is 17.0 Å². The standard InChI is InChI=1S/C14H20F2N2O/c1-14(2,8-19)7-18-6-9-3-10(15)4-11(16)13(9)12(18)5-17/h3-4,12,19H,5-8,17H2,1-2H3. The van der Waals surface area contributed by atoms with Gasteiger partial charge in [0.1, 0.15) is 11.6 Å². The zero-order valence-electron chi connectivity index (χ0n) is 11.3. The molecule has 106 valence electrons. The lowest BCUT2D eigenvalue weighted by Gasteiger charge is -2.32. The highest BCUT2D eigenvalue weighted by molar-refractivity contribution is 5.36. The average molecular weight is 270 g/mol. The molecule has 0 spiro atoms. The van der Waals surface area contributed by atoms with Crippen LogP contribution in [0.4, 0.5) is 8.78 Å². The highest BCUT2D eigenvalue weighted by atomic mass is 19.1. The van der Waals surface area contributed by atoms with Crippen molar-refractivity contribution in [1.82, 2.24) is 4.90 Å². The molecule has 0 aromatic heterocycles. The number of aliphatic hydroxyl groups excluding tert-OH is 1. The topological polar surface area (TPSA) is 49.5 Å².